The molecule has 1 N–H and O–H groups in total. The highest BCUT2D eigenvalue weighted by Gasteiger charge is 2.37. The van der Waals surface area contributed by atoms with E-state index in [0.29, 0.717) is 0 Å². The van der Waals surface area contributed by atoms with Crippen molar-refractivity contribution in [3.63, 3.8) is 0 Å². The highest BCUT2D eigenvalue weighted by Crippen LogP contribution is 2.36. The Morgan fingerprint density at radius 3 is 2.67 bits per heavy atom. The van der Waals surface area contributed by atoms with Crippen molar-refractivity contribution in [2.24, 2.45) is 0 Å². The Bertz CT molecular complexity index is 552. The molecule has 0 fully saturated rings. The number of carbonyl (C=O) groups is 1. The second kappa shape index (κ2) is 3.11. The van der Waals surface area contributed by atoms with Crippen LogP contribution in [0.2, 0.25) is 5.02 Å². The molecular formula is C8H6ClNO4S. The summed E-state index contributed by atoms with van der Waals surface area (Å²) in [5.41, 5.74) is -0.0592. The largest absolute Gasteiger partial charge is 0.495 e. The van der Waals surface area contributed by atoms with Crippen LogP contribution >= 0.6 is 11.6 Å². The number of halogens is 1. The van der Waals surface area contributed by atoms with Crippen LogP contribution in [-0.2, 0) is 10.0 Å². The average molecular weight is 248 g/mol. The first-order valence-corrected chi connectivity index (χ1v) is 5.77. The van der Waals surface area contributed by atoms with Crippen molar-refractivity contribution in [1.82, 2.24) is 4.72 Å². The lowest BCUT2D eigenvalue weighted by atomic mass is 10.2. The summed E-state index contributed by atoms with van der Waals surface area (Å²) in [5, 5.41) is 0.0874. The van der Waals surface area contributed by atoms with Crippen molar-refractivity contribution in [1.29, 1.82) is 0 Å². The molecule has 7 heteroatoms. The van der Waals surface area contributed by atoms with Crippen molar-refractivity contribution in [3.05, 3.63) is 22.7 Å². The van der Waals surface area contributed by atoms with E-state index in [0.717, 1.165) is 0 Å². The summed E-state index contributed by atoms with van der Waals surface area (Å²) in [5.74, 6) is -0.623. The quantitative estimate of drug-likeness (QED) is 0.796. The van der Waals surface area contributed by atoms with E-state index < -0.39 is 15.9 Å². The molecule has 1 aliphatic rings. The molecule has 1 aromatic carbocycles. The molecule has 80 valence electrons. The first kappa shape index (κ1) is 10.3. The van der Waals surface area contributed by atoms with Gasteiger partial charge in [-0.2, -0.15) is 0 Å². The number of nitrogens with one attached hydrogen (secondary N) is 1. The molecule has 5 nitrogen and oxygen atoms in total. The molecule has 0 saturated carbocycles. The van der Waals surface area contributed by atoms with Gasteiger partial charge in [-0.3, -0.25) is 4.79 Å². The fraction of sp³-hybridized carbons (Fsp3) is 0.125. The molecule has 0 atom stereocenters. The topological polar surface area (TPSA) is 72.5 Å². The normalized spacial score (nSPS) is 17.1. The lowest BCUT2D eigenvalue weighted by Crippen LogP contribution is -2.21. The van der Waals surface area contributed by atoms with E-state index in [1.165, 1.54) is 19.2 Å². The van der Waals surface area contributed by atoms with Gasteiger partial charge in [-0.1, -0.05) is 11.6 Å². The van der Waals surface area contributed by atoms with Gasteiger partial charge in [0.05, 0.1) is 17.7 Å². The lowest BCUT2D eigenvalue weighted by Gasteiger charge is -2.04. The summed E-state index contributed by atoms with van der Waals surface area (Å²) in [7, 11) is -2.51. The number of ether oxygens (including phenoxy) is 1. The third-order valence-electron chi connectivity index (χ3n) is 2.01. The molecule has 0 saturated heterocycles. The monoisotopic (exact) mass is 247 g/mol. The Kier molecular flexibility index (Phi) is 2.13. The second-order valence-electron chi connectivity index (χ2n) is 2.89. The fourth-order valence-corrected chi connectivity index (χ4v) is 3.04. The summed E-state index contributed by atoms with van der Waals surface area (Å²) in [6.07, 6.45) is 0. The fourth-order valence-electron chi connectivity index (χ4n) is 1.40. The molecule has 1 aliphatic heterocycles. The van der Waals surface area contributed by atoms with Gasteiger partial charge in [0.15, 0.2) is 0 Å². The summed E-state index contributed by atoms with van der Waals surface area (Å²) in [4.78, 5) is 11.1. The van der Waals surface area contributed by atoms with Gasteiger partial charge in [0.25, 0.3) is 15.9 Å². The smallest absolute Gasteiger partial charge is 0.268 e. The van der Waals surface area contributed by atoms with E-state index in [1.54, 1.807) is 0 Å². The third kappa shape index (κ3) is 1.37. The molecular weight excluding hydrogens is 242 g/mol. The Labute approximate surface area is 91.0 Å². The van der Waals surface area contributed by atoms with Crippen LogP contribution in [0.1, 0.15) is 10.4 Å². The van der Waals surface area contributed by atoms with Gasteiger partial charge in [0.1, 0.15) is 10.6 Å². The maximum absolute atomic E-state index is 11.5. The van der Waals surface area contributed by atoms with Crippen LogP contribution in [0, 0.1) is 0 Å². The van der Waals surface area contributed by atoms with E-state index in [9.17, 15) is 13.2 Å². The molecule has 0 spiro atoms. The SMILES string of the molecule is COc1ccc(Cl)c2c1S(=O)(=O)NC2=O. The van der Waals surface area contributed by atoms with Gasteiger partial charge < -0.3 is 4.74 Å². The number of sulfonamides is 1. The summed E-state index contributed by atoms with van der Waals surface area (Å²) >= 11 is 5.74. The van der Waals surface area contributed by atoms with Gasteiger partial charge in [0, 0.05) is 0 Å². The lowest BCUT2D eigenvalue weighted by molar-refractivity contribution is 0.0985. The number of carbonyl (C=O) groups excluding carboxylic acids is 1. The molecule has 1 amide bonds. The van der Waals surface area contributed by atoms with Crippen molar-refractivity contribution < 1.29 is 17.9 Å². The van der Waals surface area contributed by atoms with Crippen molar-refractivity contribution in [2.75, 3.05) is 7.11 Å². The van der Waals surface area contributed by atoms with Crippen LogP contribution in [0.15, 0.2) is 17.0 Å². The summed E-state index contributed by atoms with van der Waals surface area (Å²) < 4.78 is 29.8. The zero-order valence-corrected chi connectivity index (χ0v) is 9.15. The summed E-state index contributed by atoms with van der Waals surface area (Å²) in [6.45, 7) is 0. The predicted molar refractivity (Wildman–Crippen MR) is 52.7 cm³/mol. The molecule has 0 aromatic heterocycles. The average Bonchev–Trinajstić information content (AvgIpc) is 2.39. The highest BCUT2D eigenvalue weighted by atomic mass is 35.5. The predicted octanol–water partition coefficient (Wildman–Crippen LogP) is 0.781. The van der Waals surface area contributed by atoms with E-state index in [4.69, 9.17) is 16.3 Å². The molecule has 0 bridgehead atoms. The third-order valence-corrected chi connectivity index (χ3v) is 3.73. The Balaban J connectivity index is 2.89. The molecule has 0 unspecified atom stereocenters. The number of fused-ring (bicyclic) bond motifs is 1. The van der Waals surface area contributed by atoms with Crippen LogP contribution < -0.4 is 9.46 Å². The van der Waals surface area contributed by atoms with E-state index >= 15 is 0 Å². The van der Waals surface area contributed by atoms with E-state index in [1.807, 2.05) is 4.72 Å². The first-order valence-electron chi connectivity index (χ1n) is 3.91. The maximum atomic E-state index is 11.5. The zero-order chi connectivity index (χ0) is 11.2. The van der Waals surface area contributed by atoms with Crippen LogP contribution in [-0.4, -0.2) is 21.4 Å². The first-order chi connectivity index (χ1) is 6.97. The minimum absolute atomic E-state index is 0.0592. The standard InChI is InChI=1S/C8H6ClNO4S/c1-14-5-3-2-4(9)6-7(5)15(12,13)10-8(6)11/h2-3H,1H3,(H,10,11). The molecule has 1 heterocycles. The van der Waals surface area contributed by atoms with Gasteiger partial charge in [-0.05, 0) is 12.1 Å². The zero-order valence-electron chi connectivity index (χ0n) is 7.57. The molecule has 15 heavy (non-hydrogen) atoms. The number of methoxy groups -OCH3 is 1. The number of amides is 1. The van der Waals surface area contributed by atoms with Gasteiger partial charge in [-0.15, -0.1) is 0 Å². The number of hydrogen-bond donors (Lipinski definition) is 1. The molecule has 0 aliphatic carbocycles. The number of rotatable bonds is 1. The molecule has 2 rings (SSSR count). The highest BCUT2D eigenvalue weighted by molar-refractivity contribution is 7.90. The van der Waals surface area contributed by atoms with Crippen LogP contribution in [0.4, 0.5) is 0 Å². The van der Waals surface area contributed by atoms with Crippen molar-refractivity contribution >= 4 is 27.5 Å². The Morgan fingerprint density at radius 1 is 1.40 bits per heavy atom. The van der Waals surface area contributed by atoms with Crippen molar-refractivity contribution in [2.45, 2.75) is 4.90 Å². The Hall–Kier alpha value is -1.27. The minimum atomic E-state index is -3.83. The number of benzene rings is 1. The van der Waals surface area contributed by atoms with Crippen molar-refractivity contribution in [3.8, 4) is 5.75 Å². The van der Waals surface area contributed by atoms with Gasteiger partial charge >= 0.3 is 0 Å². The van der Waals surface area contributed by atoms with Gasteiger partial charge in [0.2, 0.25) is 0 Å². The second-order valence-corrected chi connectivity index (χ2v) is 4.91. The molecule has 0 radical (unpaired) electrons. The summed E-state index contributed by atoms with van der Waals surface area (Å²) in [6, 6.07) is 2.82. The minimum Gasteiger partial charge on any atom is -0.495 e. The maximum Gasteiger partial charge on any atom is 0.268 e. The van der Waals surface area contributed by atoms with Crippen LogP contribution in [0.3, 0.4) is 0 Å². The van der Waals surface area contributed by atoms with Gasteiger partial charge in [-0.25, -0.2) is 13.1 Å². The van der Waals surface area contributed by atoms with E-state index in [2.05, 4.69) is 0 Å². The van der Waals surface area contributed by atoms with Crippen LogP contribution in [0.5, 0.6) is 5.75 Å². The van der Waals surface area contributed by atoms with Crippen LogP contribution in [0.25, 0.3) is 0 Å². The van der Waals surface area contributed by atoms with E-state index in [-0.39, 0.29) is 21.2 Å². The Morgan fingerprint density at radius 2 is 2.07 bits per heavy atom. The molecule has 1 aromatic rings. The number of hydrogen-bond acceptors (Lipinski definition) is 4.